The molecule has 0 unspecified atom stereocenters. The number of carbonyl (C=O) groups excluding carboxylic acids is 1. The van der Waals surface area contributed by atoms with Crippen LogP contribution >= 0.6 is 0 Å². The number of hydrogen-bond acceptors (Lipinski definition) is 6. The van der Waals surface area contributed by atoms with Crippen molar-refractivity contribution in [2.24, 2.45) is 5.92 Å². The van der Waals surface area contributed by atoms with Gasteiger partial charge in [-0.1, -0.05) is 6.07 Å². The van der Waals surface area contributed by atoms with E-state index in [1.807, 2.05) is 47.9 Å². The normalized spacial score (nSPS) is 15.3. The Balaban J connectivity index is 1.18. The number of piperidine rings is 1. The molecule has 1 aliphatic rings. The van der Waals surface area contributed by atoms with Crippen LogP contribution in [-0.4, -0.2) is 48.2 Å². The molecule has 1 fully saturated rings. The topological polar surface area (TPSA) is 92.7 Å². The van der Waals surface area contributed by atoms with Gasteiger partial charge in [0.05, 0.1) is 12.2 Å². The van der Waals surface area contributed by atoms with Crippen LogP contribution in [0.2, 0.25) is 0 Å². The SMILES string of the molecule is Cc1cccc2nc(CNC(=O)C3CCN(c4ccc5nncn5n4)CC3)cn12. The van der Waals surface area contributed by atoms with Crippen molar-refractivity contribution in [2.45, 2.75) is 26.3 Å². The third-order valence-electron chi connectivity index (χ3n) is 5.53. The zero-order valence-electron chi connectivity index (χ0n) is 16.2. The third-order valence-corrected chi connectivity index (χ3v) is 5.53. The molecule has 4 aromatic rings. The zero-order chi connectivity index (χ0) is 19.8. The molecule has 0 saturated carbocycles. The molecule has 1 aliphatic heterocycles. The molecule has 0 bridgehead atoms. The number of amides is 1. The lowest BCUT2D eigenvalue weighted by molar-refractivity contribution is -0.125. The first-order valence-corrected chi connectivity index (χ1v) is 9.81. The average molecular weight is 390 g/mol. The molecule has 0 aromatic carbocycles. The maximum absolute atomic E-state index is 12.6. The fourth-order valence-electron chi connectivity index (χ4n) is 3.86. The Bertz CT molecular complexity index is 1170. The van der Waals surface area contributed by atoms with Gasteiger partial charge in [-0.25, -0.2) is 4.98 Å². The van der Waals surface area contributed by atoms with E-state index in [2.05, 4.69) is 30.5 Å². The average Bonchev–Trinajstić information content (AvgIpc) is 3.39. The van der Waals surface area contributed by atoms with Gasteiger partial charge in [-0.05, 0) is 44.0 Å². The number of aryl methyl sites for hydroxylation is 1. The van der Waals surface area contributed by atoms with Gasteiger partial charge in [-0.15, -0.1) is 15.3 Å². The standard InChI is InChI=1S/C20H22N8O/c1-14-3-2-4-17-23-16(12-27(14)17)11-21-20(29)15-7-9-26(10-8-15)19-6-5-18-24-22-13-28(18)25-19/h2-6,12-13,15H,7-11H2,1H3,(H,21,29). The summed E-state index contributed by atoms with van der Waals surface area (Å²) in [6.07, 6.45) is 5.19. The van der Waals surface area contributed by atoms with Crippen LogP contribution in [0.25, 0.3) is 11.3 Å². The maximum Gasteiger partial charge on any atom is 0.223 e. The number of nitrogens with one attached hydrogen (secondary N) is 1. The van der Waals surface area contributed by atoms with Crippen molar-refractivity contribution in [3.8, 4) is 0 Å². The second kappa shape index (κ2) is 7.16. The summed E-state index contributed by atoms with van der Waals surface area (Å²) in [5.74, 6) is 1.00. The molecule has 1 saturated heterocycles. The summed E-state index contributed by atoms with van der Waals surface area (Å²) in [7, 11) is 0. The molecule has 9 nitrogen and oxygen atoms in total. The highest BCUT2D eigenvalue weighted by atomic mass is 16.1. The van der Waals surface area contributed by atoms with Crippen LogP contribution in [0.1, 0.15) is 24.2 Å². The third kappa shape index (κ3) is 3.39. The molecule has 0 radical (unpaired) electrons. The van der Waals surface area contributed by atoms with Crippen LogP contribution in [-0.2, 0) is 11.3 Å². The zero-order valence-corrected chi connectivity index (χ0v) is 16.2. The number of rotatable bonds is 4. The molecule has 29 heavy (non-hydrogen) atoms. The second-order valence-electron chi connectivity index (χ2n) is 7.43. The van der Waals surface area contributed by atoms with Gasteiger partial charge in [0.2, 0.25) is 5.91 Å². The number of fused-ring (bicyclic) bond motifs is 2. The molecular formula is C20H22N8O. The summed E-state index contributed by atoms with van der Waals surface area (Å²) in [5, 5.41) is 15.4. The summed E-state index contributed by atoms with van der Waals surface area (Å²) < 4.78 is 3.71. The number of pyridine rings is 1. The van der Waals surface area contributed by atoms with Crippen LogP contribution < -0.4 is 10.2 Å². The Morgan fingerprint density at radius 2 is 2.03 bits per heavy atom. The minimum atomic E-state index is 0.0173. The fraction of sp³-hybridized carbons (Fsp3) is 0.350. The van der Waals surface area contributed by atoms with Gasteiger partial charge in [0.25, 0.3) is 0 Å². The molecule has 5 rings (SSSR count). The van der Waals surface area contributed by atoms with Crippen molar-refractivity contribution in [3.63, 3.8) is 0 Å². The van der Waals surface area contributed by atoms with Crippen LogP contribution in [0.5, 0.6) is 0 Å². The number of aromatic nitrogens is 6. The molecule has 1 amide bonds. The Kier molecular flexibility index (Phi) is 4.34. The Morgan fingerprint density at radius 3 is 2.86 bits per heavy atom. The summed E-state index contributed by atoms with van der Waals surface area (Å²) in [5.41, 5.74) is 3.63. The molecule has 4 aromatic heterocycles. The first-order chi connectivity index (χ1) is 14.2. The van der Waals surface area contributed by atoms with E-state index >= 15 is 0 Å². The van der Waals surface area contributed by atoms with Crippen molar-refractivity contribution in [1.29, 1.82) is 0 Å². The Hall–Kier alpha value is -3.49. The molecule has 0 atom stereocenters. The molecule has 148 valence electrons. The summed E-state index contributed by atoms with van der Waals surface area (Å²) >= 11 is 0. The quantitative estimate of drug-likeness (QED) is 0.569. The molecule has 9 heteroatoms. The minimum absolute atomic E-state index is 0.0173. The van der Waals surface area contributed by atoms with Crippen LogP contribution in [0, 0.1) is 12.8 Å². The lowest BCUT2D eigenvalue weighted by Crippen LogP contribution is -2.40. The summed E-state index contributed by atoms with van der Waals surface area (Å²) in [6.45, 7) is 4.09. The van der Waals surface area contributed by atoms with Gasteiger partial charge < -0.3 is 14.6 Å². The van der Waals surface area contributed by atoms with E-state index < -0.39 is 0 Å². The molecule has 1 N–H and O–H groups in total. The smallest absolute Gasteiger partial charge is 0.223 e. The lowest BCUT2D eigenvalue weighted by atomic mass is 9.96. The van der Waals surface area contributed by atoms with E-state index in [-0.39, 0.29) is 11.8 Å². The molecule has 0 spiro atoms. The second-order valence-corrected chi connectivity index (χ2v) is 7.43. The number of imidazole rings is 1. The number of nitrogens with zero attached hydrogens (tertiary/aromatic N) is 7. The van der Waals surface area contributed by atoms with Crippen LogP contribution in [0.4, 0.5) is 5.82 Å². The van der Waals surface area contributed by atoms with Crippen molar-refractivity contribution in [3.05, 3.63) is 54.2 Å². The highest BCUT2D eigenvalue weighted by Crippen LogP contribution is 2.22. The first kappa shape index (κ1) is 17.6. The van der Waals surface area contributed by atoms with Gasteiger partial charge >= 0.3 is 0 Å². The molecular weight excluding hydrogens is 368 g/mol. The lowest BCUT2D eigenvalue weighted by Gasteiger charge is -2.31. The molecule has 0 aliphatic carbocycles. The minimum Gasteiger partial charge on any atom is -0.355 e. The Labute approximate surface area is 167 Å². The largest absolute Gasteiger partial charge is 0.355 e. The fourth-order valence-corrected chi connectivity index (χ4v) is 3.86. The predicted octanol–water partition coefficient (Wildman–Crippen LogP) is 1.61. The highest BCUT2D eigenvalue weighted by Gasteiger charge is 2.25. The molecule has 5 heterocycles. The van der Waals surface area contributed by atoms with E-state index in [1.165, 1.54) is 0 Å². The Morgan fingerprint density at radius 1 is 1.17 bits per heavy atom. The van der Waals surface area contributed by atoms with E-state index in [9.17, 15) is 4.79 Å². The number of anilines is 1. The predicted molar refractivity (Wildman–Crippen MR) is 107 cm³/mol. The van der Waals surface area contributed by atoms with E-state index in [0.717, 1.165) is 54.4 Å². The van der Waals surface area contributed by atoms with Gasteiger partial charge in [0.15, 0.2) is 5.65 Å². The first-order valence-electron chi connectivity index (χ1n) is 9.81. The number of carbonyl (C=O) groups is 1. The van der Waals surface area contributed by atoms with E-state index in [0.29, 0.717) is 6.54 Å². The van der Waals surface area contributed by atoms with Crippen molar-refractivity contribution >= 4 is 23.0 Å². The monoisotopic (exact) mass is 390 g/mol. The van der Waals surface area contributed by atoms with Crippen molar-refractivity contribution in [1.82, 2.24) is 34.5 Å². The number of hydrogen-bond donors (Lipinski definition) is 1. The van der Waals surface area contributed by atoms with Crippen molar-refractivity contribution < 1.29 is 4.79 Å². The van der Waals surface area contributed by atoms with E-state index in [4.69, 9.17) is 0 Å². The van der Waals surface area contributed by atoms with Crippen LogP contribution in [0.15, 0.2) is 42.9 Å². The van der Waals surface area contributed by atoms with Gasteiger partial charge in [-0.3, -0.25) is 4.79 Å². The summed E-state index contributed by atoms with van der Waals surface area (Å²) in [4.78, 5) is 19.4. The van der Waals surface area contributed by atoms with Gasteiger partial charge in [-0.2, -0.15) is 4.52 Å². The maximum atomic E-state index is 12.6. The summed E-state index contributed by atoms with van der Waals surface area (Å²) in [6, 6.07) is 9.87. The van der Waals surface area contributed by atoms with Crippen molar-refractivity contribution in [2.75, 3.05) is 18.0 Å². The highest BCUT2D eigenvalue weighted by molar-refractivity contribution is 5.79. The van der Waals surface area contributed by atoms with E-state index in [1.54, 1.807) is 10.8 Å². The van der Waals surface area contributed by atoms with Gasteiger partial charge in [0.1, 0.15) is 17.8 Å². The van der Waals surface area contributed by atoms with Crippen LogP contribution in [0.3, 0.4) is 0 Å². The van der Waals surface area contributed by atoms with Gasteiger partial charge in [0, 0.05) is 30.9 Å².